The van der Waals surface area contributed by atoms with Gasteiger partial charge >= 0.3 is 0 Å². The van der Waals surface area contributed by atoms with Crippen LogP contribution in [0.1, 0.15) is 6.92 Å². The van der Waals surface area contributed by atoms with E-state index in [4.69, 9.17) is 5.73 Å². The molecule has 0 fully saturated rings. The quantitative estimate of drug-likeness (QED) is 0.771. The summed E-state index contributed by atoms with van der Waals surface area (Å²) in [5, 5.41) is 2.44. The van der Waals surface area contributed by atoms with Crippen molar-refractivity contribution < 1.29 is 17.6 Å². The monoisotopic (exact) mass is 303 g/mol. The fourth-order valence-electron chi connectivity index (χ4n) is 1.71. The lowest BCUT2D eigenvalue weighted by Gasteiger charge is -2.21. The molecule has 0 saturated heterocycles. The molecule has 0 saturated carbocycles. The standard InChI is InChI=1S/C12H18FN3O3S/c1-8(12(17)15-2)7-16(3)20(18,19)11-6-9(13)4-5-10(11)14/h4-6,8H,7,14H2,1-3H3,(H,15,17). The van der Waals surface area contributed by atoms with Crippen LogP contribution in [0.15, 0.2) is 23.1 Å². The van der Waals surface area contributed by atoms with Crippen molar-refractivity contribution in [3.63, 3.8) is 0 Å². The van der Waals surface area contributed by atoms with Crippen LogP contribution in [-0.2, 0) is 14.8 Å². The predicted octanol–water partition coefficient (Wildman–Crippen LogP) is 0.411. The van der Waals surface area contributed by atoms with Crippen LogP contribution >= 0.6 is 0 Å². The molecule has 0 aromatic heterocycles. The van der Waals surface area contributed by atoms with Gasteiger partial charge in [0.15, 0.2) is 0 Å². The Bertz CT molecular complexity index is 604. The Balaban J connectivity index is 3.04. The summed E-state index contributed by atoms with van der Waals surface area (Å²) in [6.45, 7) is 1.57. The van der Waals surface area contributed by atoms with Gasteiger partial charge in [-0.05, 0) is 18.2 Å². The van der Waals surface area contributed by atoms with Crippen LogP contribution in [0.2, 0.25) is 0 Å². The smallest absolute Gasteiger partial charge is 0.244 e. The average Bonchev–Trinajstić information content (AvgIpc) is 2.40. The second kappa shape index (κ2) is 6.19. The van der Waals surface area contributed by atoms with Gasteiger partial charge in [0.25, 0.3) is 0 Å². The summed E-state index contributed by atoms with van der Waals surface area (Å²) in [7, 11) is -1.15. The minimum absolute atomic E-state index is 0.0298. The van der Waals surface area contributed by atoms with Crippen LogP contribution in [0.4, 0.5) is 10.1 Å². The number of nitrogens with zero attached hydrogens (tertiary/aromatic N) is 1. The molecular formula is C12H18FN3O3S. The Morgan fingerprint density at radius 2 is 2.10 bits per heavy atom. The van der Waals surface area contributed by atoms with E-state index in [0.717, 1.165) is 16.4 Å². The van der Waals surface area contributed by atoms with Crippen LogP contribution in [0.25, 0.3) is 0 Å². The van der Waals surface area contributed by atoms with Gasteiger partial charge in [0.05, 0.1) is 5.69 Å². The summed E-state index contributed by atoms with van der Waals surface area (Å²) in [4.78, 5) is 11.1. The summed E-state index contributed by atoms with van der Waals surface area (Å²) in [6, 6.07) is 3.14. The van der Waals surface area contributed by atoms with E-state index in [0.29, 0.717) is 0 Å². The number of carbonyl (C=O) groups excluding carboxylic acids is 1. The molecule has 8 heteroatoms. The molecule has 1 rings (SSSR count). The molecule has 112 valence electrons. The number of nitrogens with two attached hydrogens (primary N) is 1. The van der Waals surface area contributed by atoms with Crippen molar-refractivity contribution in [3.8, 4) is 0 Å². The molecule has 1 aromatic rings. The lowest BCUT2D eigenvalue weighted by molar-refractivity contribution is -0.124. The number of nitrogens with one attached hydrogen (secondary N) is 1. The molecule has 0 aliphatic rings. The van der Waals surface area contributed by atoms with Crippen LogP contribution in [-0.4, -0.2) is 39.3 Å². The van der Waals surface area contributed by atoms with Gasteiger partial charge in [-0.2, -0.15) is 0 Å². The maximum absolute atomic E-state index is 13.2. The van der Waals surface area contributed by atoms with Gasteiger partial charge in [-0.15, -0.1) is 0 Å². The Labute approximate surface area is 117 Å². The predicted molar refractivity (Wildman–Crippen MR) is 73.9 cm³/mol. The first-order valence-corrected chi connectivity index (χ1v) is 7.37. The number of hydrogen-bond acceptors (Lipinski definition) is 4. The van der Waals surface area contributed by atoms with Crippen LogP contribution in [0.5, 0.6) is 0 Å². The van der Waals surface area contributed by atoms with Crippen LogP contribution < -0.4 is 11.1 Å². The van der Waals surface area contributed by atoms with Gasteiger partial charge in [-0.1, -0.05) is 6.92 Å². The lowest BCUT2D eigenvalue weighted by atomic mass is 10.2. The highest BCUT2D eigenvalue weighted by molar-refractivity contribution is 7.89. The highest BCUT2D eigenvalue weighted by atomic mass is 32.2. The summed E-state index contributed by atoms with van der Waals surface area (Å²) >= 11 is 0. The van der Waals surface area contributed by atoms with E-state index in [9.17, 15) is 17.6 Å². The fourth-order valence-corrected chi connectivity index (χ4v) is 3.10. The maximum atomic E-state index is 13.2. The van der Waals surface area contributed by atoms with Gasteiger partial charge in [0.2, 0.25) is 15.9 Å². The number of nitrogen functional groups attached to an aromatic ring is 1. The van der Waals surface area contributed by atoms with E-state index >= 15 is 0 Å². The third-order valence-electron chi connectivity index (χ3n) is 2.89. The summed E-state index contributed by atoms with van der Waals surface area (Å²) < 4.78 is 38.8. The third-order valence-corrected chi connectivity index (χ3v) is 4.77. The largest absolute Gasteiger partial charge is 0.398 e. The molecule has 1 amide bonds. The van der Waals surface area contributed by atoms with Crippen LogP contribution in [0.3, 0.4) is 0 Å². The number of carbonyl (C=O) groups is 1. The zero-order valence-electron chi connectivity index (χ0n) is 11.6. The van der Waals surface area contributed by atoms with Gasteiger partial charge in [0.1, 0.15) is 10.7 Å². The molecule has 0 radical (unpaired) electrons. The normalized spacial score (nSPS) is 13.2. The summed E-state index contributed by atoms with van der Waals surface area (Å²) in [6.07, 6.45) is 0. The second-order valence-corrected chi connectivity index (χ2v) is 6.50. The number of benzene rings is 1. The van der Waals surface area contributed by atoms with Gasteiger partial charge < -0.3 is 11.1 Å². The van der Waals surface area contributed by atoms with E-state index in [1.54, 1.807) is 6.92 Å². The molecule has 3 N–H and O–H groups in total. The SMILES string of the molecule is CNC(=O)C(C)CN(C)S(=O)(=O)c1cc(F)ccc1N. The first-order valence-electron chi connectivity index (χ1n) is 5.93. The van der Waals surface area contributed by atoms with Gasteiger partial charge in [-0.25, -0.2) is 17.1 Å². The van der Waals surface area contributed by atoms with E-state index in [2.05, 4.69) is 5.32 Å². The van der Waals surface area contributed by atoms with Crippen molar-refractivity contribution in [2.24, 2.45) is 5.92 Å². The molecule has 1 aromatic carbocycles. The van der Waals surface area contributed by atoms with Crippen molar-refractivity contribution in [2.45, 2.75) is 11.8 Å². The average molecular weight is 303 g/mol. The molecule has 0 aliphatic carbocycles. The first kappa shape index (κ1) is 16.4. The molecule has 0 spiro atoms. The van der Waals surface area contributed by atoms with Gasteiger partial charge in [-0.3, -0.25) is 4.79 Å². The topological polar surface area (TPSA) is 92.5 Å². The second-order valence-electron chi connectivity index (χ2n) is 4.48. The third kappa shape index (κ3) is 3.45. The first-order chi connectivity index (χ1) is 9.20. The zero-order chi connectivity index (χ0) is 15.5. The molecule has 0 bridgehead atoms. The van der Waals surface area contributed by atoms with Crippen molar-refractivity contribution in [2.75, 3.05) is 26.4 Å². The zero-order valence-corrected chi connectivity index (χ0v) is 12.4. The Kier molecular flexibility index (Phi) is 5.07. The summed E-state index contributed by atoms with van der Waals surface area (Å²) in [5.74, 6) is -1.50. The number of amides is 1. The van der Waals surface area contributed by atoms with Crippen LogP contribution in [0, 0.1) is 11.7 Å². The van der Waals surface area contributed by atoms with E-state index in [1.165, 1.54) is 20.2 Å². The van der Waals surface area contributed by atoms with Crippen molar-refractivity contribution >= 4 is 21.6 Å². The lowest BCUT2D eigenvalue weighted by Crippen LogP contribution is -2.37. The Morgan fingerprint density at radius 3 is 2.65 bits per heavy atom. The van der Waals surface area contributed by atoms with E-state index in [1.807, 2.05) is 0 Å². The molecule has 0 heterocycles. The molecule has 1 unspecified atom stereocenters. The maximum Gasteiger partial charge on any atom is 0.244 e. The minimum atomic E-state index is -3.94. The van der Waals surface area contributed by atoms with Crippen molar-refractivity contribution in [3.05, 3.63) is 24.0 Å². The number of anilines is 1. The molecule has 0 aliphatic heterocycles. The number of halogens is 1. The van der Waals surface area contributed by atoms with E-state index < -0.39 is 21.8 Å². The fraction of sp³-hybridized carbons (Fsp3) is 0.417. The van der Waals surface area contributed by atoms with Crippen molar-refractivity contribution in [1.29, 1.82) is 0 Å². The number of rotatable bonds is 5. The number of hydrogen-bond donors (Lipinski definition) is 2. The molecule has 6 nitrogen and oxygen atoms in total. The Morgan fingerprint density at radius 1 is 1.50 bits per heavy atom. The molecule has 1 atom stereocenters. The highest BCUT2D eigenvalue weighted by Crippen LogP contribution is 2.23. The van der Waals surface area contributed by atoms with Crippen molar-refractivity contribution in [1.82, 2.24) is 9.62 Å². The van der Waals surface area contributed by atoms with Gasteiger partial charge in [0, 0.05) is 26.6 Å². The molecule has 20 heavy (non-hydrogen) atoms. The highest BCUT2D eigenvalue weighted by Gasteiger charge is 2.26. The Hall–Kier alpha value is -1.67. The molecular weight excluding hydrogens is 285 g/mol. The summed E-state index contributed by atoms with van der Waals surface area (Å²) in [5.41, 5.74) is 5.54. The minimum Gasteiger partial charge on any atom is -0.398 e. The number of sulfonamides is 1. The van der Waals surface area contributed by atoms with E-state index in [-0.39, 0.29) is 23.0 Å².